The lowest BCUT2D eigenvalue weighted by atomic mass is 9.80. The molecule has 28 heavy (non-hydrogen) atoms. The van der Waals surface area contributed by atoms with E-state index in [9.17, 15) is 4.79 Å². The fourth-order valence-electron chi connectivity index (χ4n) is 4.80. The quantitative estimate of drug-likeness (QED) is 0.876. The molecule has 5 rings (SSSR count). The zero-order chi connectivity index (χ0) is 19.4. The number of nitrogens with zero attached hydrogens (tertiary/aromatic N) is 1. The molecule has 1 amide bonds. The molecule has 0 aliphatic carbocycles. The van der Waals surface area contributed by atoms with Crippen LogP contribution >= 0.6 is 0 Å². The Bertz CT molecular complexity index is 974. The standard InChI is InChI=1S/C21H22N2O5/c1-25-15-4-3-12-7-14-13-9-17-16(27-10-28-17)8-11(13)5-6-23(14)19(21(22)24)18(12)20(15)26-2/h3-4,8-9,14,19H,5-7,10H2,1-2H3,(H2,22,24)/t14-,19+/m0/s1. The second-order valence-electron chi connectivity index (χ2n) is 7.29. The van der Waals surface area contributed by atoms with Crippen LogP contribution in [-0.4, -0.2) is 38.4 Å². The highest BCUT2D eigenvalue weighted by atomic mass is 16.7. The SMILES string of the molecule is COc1ccc2c(c1OC)[C@H](C(N)=O)N1CCc3cc4c(cc3[C@@H]1C2)OCO4. The fraction of sp³-hybridized carbons (Fsp3) is 0.381. The van der Waals surface area contributed by atoms with E-state index in [1.807, 2.05) is 12.1 Å². The molecule has 3 aliphatic rings. The number of ether oxygens (including phenoxy) is 4. The van der Waals surface area contributed by atoms with E-state index in [0.717, 1.165) is 42.0 Å². The Labute approximate surface area is 162 Å². The molecule has 0 spiro atoms. The first-order valence-electron chi connectivity index (χ1n) is 9.33. The summed E-state index contributed by atoms with van der Waals surface area (Å²) in [7, 11) is 3.18. The van der Waals surface area contributed by atoms with Crippen LogP contribution in [0.1, 0.15) is 34.3 Å². The fourth-order valence-corrected chi connectivity index (χ4v) is 4.80. The summed E-state index contributed by atoms with van der Waals surface area (Å²) in [5, 5.41) is 0. The number of primary amides is 1. The molecule has 0 radical (unpaired) electrons. The maximum absolute atomic E-state index is 12.6. The Morgan fingerprint density at radius 3 is 2.64 bits per heavy atom. The molecule has 7 nitrogen and oxygen atoms in total. The predicted molar refractivity (Wildman–Crippen MR) is 101 cm³/mol. The maximum atomic E-state index is 12.6. The van der Waals surface area contributed by atoms with Crippen LogP contribution in [0.15, 0.2) is 24.3 Å². The number of rotatable bonds is 3. The Morgan fingerprint density at radius 2 is 1.93 bits per heavy atom. The second-order valence-corrected chi connectivity index (χ2v) is 7.29. The lowest BCUT2D eigenvalue weighted by Gasteiger charge is -2.45. The minimum atomic E-state index is -0.572. The summed E-state index contributed by atoms with van der Waals surface area (Å²) in [6.07, 6.45) is 1.57. The second kappa shape index (κ2) is 6.31. The summed E-state index contributed by atoms with van der Waals surface area (Å²) >= 11 is 0. The van der Waals surface area contributed by atoms with Crippen molar-refractivity contribution < 1.29 is 23.7 Å². The molecule has 0 aromatic heterocycles. The van der Waals surface area contributed by atoms with Crippen molar-refractivity contribution >= 4 is 5.91 Å². The van der Waals surface area contributed by atoms with E-state index < -0.39 is 6.04 Å². The van der Waals surface area contributed by atoms with E-state index in [0.29, 0.717) is 11.5 Å². The van der Waals surface area contributed by atoms with Crippen molar-refractivity contribution in [3.8, 4) is 23.0 Å². The number of nitrogens with two attached hydrogens (primary N) is 1. The van der Waals surface area contributed by atoms with E-state index in [-0.39, 0.29) is 18.7 Å². The van der Waals surface area contributed by atoms with Gasteiger partial charge in [-0.3, -0.25) is 9.69 Å². The van der Waals surface area contributed by atoms with Gasteiger partial charge in [0, 0.05) is 18.2 Å². The third-order valence-electron chi connectivity index (χ3n) is 6.00. The van der Waals surface area contributed by atoms with Crippen LogP contribution in [0.3, 0.4) is 0 Å². The zero-order valence-corrected chi connectivity index (χ0v) is 15.9. The van der Waals surface area contributed by atoms with Crippen molar-refractivity contribution in [1.29, 1.82) is 0 Å². The third kappa shape index (κ3) is 2.36. The molecule has 3 heterocycles. The molecule has 7 heteroatoms. The minimum Gasteiger partial charge on any atom is -0.493 e. The molecule has 0 saturated heterocycles. The molecule has 3 aliphatic heterocycles. The minimum absolute atomic E-state index is 0.0429. The van der Waals surface area contributed by atoms with Crippen LogP contribution in [0.25, 0.3) is 0 Å². The Morgan fingerprint density at radius 1 is 1.14 bits per heavy atom. The van der Waals surface area contributed by atoms with E-state index in [4.69, 9.17) is 24.7 Å². The summed E-state index contributed by atoms with van der Waals surface area (Å²) in [6, 6.07) is 7.48. The summed E-state index contributed by atoms with van der Waals surface area (Å²) in [6.45, 7) is 0.973. The van der Waals surface area contributed by atoms with Crippen LogP contribution in [0.2, 0.25) is 0 Å². The number of benzene rings is 2. The topological polar surface area (TPSA) is 83.3 Å². The molecule has 146 valence electrons. The van der Waals surface area contributed by atoms with Crippen molar-refractivity contribution in [3.05, 3.63) is 46.5 Å². The molecule has 2 aromatic carbocycles. The van der Waals surface area contributed by atoms with Gasteiger partial charge in [-0.2, -0.15) is 0 Å². The largest absolute Gasteiger partial charge is 0.493 e. The van der Waals surface area contributed by atoms with Crippen LogP contribution in [0.5, 0.6) is 23.0 Å². The number of hydrogen-bond acceptors (Lipinski definition) is 6. The van der Waals surface area contributed by atoms with Crippen molar-refractivity contribution in [2.75, 3.05) is 27.6 Å². The number of fused-ring (bicyclic) bond motifs is 5. The van der Waals surface area contributed by atoms with Crippen molar-refractivity contribution in [2.24, 2.45) is 5.73 Å². The van der Waals surface area contributed by atoms with E-state index in [2.05, 4.69) is 17.0 Å². The Balaban J connectivity index is 1.67. The number of amides is 1. The van der Waals surface area contributed by atoms with Gasteiger partial charge in [0.15, 0.2) is 23.0 Å². The number of carbonyl (C=O) groups is 1. The number of hydrogen-bond donors (Lipinski definition) is 1. The van der Waals surface area contributed by atoms with Gasteiger partial charge in [0.05, 0.1) is 14.2 Å². The molecule has 2 atom stereocenters. The normalized spacial score (nSPS) is 22.1. The Kier molecular flexibility index (Phi) is 3.87. The molecular weight excluding hydrogens is 360 g/mol. The average Bonchev–Trinajstić information content (AvgIpc) is 3.16. The lowest BCUT2D eigenvalue weighted by molar-refractivity contribution is -0.125. The first kappa shape index (κ1) is 17.2. The van der Waals surface area contributed by atoms with E-state index >= 15 is 0 Å². The van der Waals surface area contributed by atoms with Crippen LogP contribution in [0, 0.1) is 0 Å². The maximum Gasteiger partial charge on any atom is 0.239 e. The highest BCUT2D eigenvalue weighted by Gasteiger charge is 2.43. The smallest absolute Gasteiger partial charge is 0.239 e. The predicted octanol–water partition coefficient (Wildman–Crippen LogP) is 2.11. The zero-order valence-electron chi connectivity index (χ0n) is 15.9. The van der Waals surface area contributed by atoms with Gasteiger partial charge in [-0.05, 0) is 47.7 Å². The van der Waals surface area contributed by atoms with Crippen molar-refractivity contribution in [3.63, 3.8) is 0 Å². The van der Waals surface area contributed by atoms with Gasteiger partial charge in [0.1, 0.15) is 6.04 Å². The van der Waals surface area contributed by atoms with Crippen LogP contribution in [0.4, 0.5) is 0 Å². The summed E-state index contributed by atoms with van der Waals surface area (Å²) in [5.74, 6) is 2.35. The molecular formula is C21H22N2O5. The van der Waals surface area contributed by atoms with Crippen molar-refractivity contribution in [1.82, 2.24) is 4.90 Å². The van der Waals surface area contributed by atoms with Gasteiger partial charge in [-0.25, -0.2) is 0 Å². The van der Waals surface area contributed by atoms with Crippen LogP contribution in [-0.2, 0) is 17.6 Å². The molecule has 0 fully saturated rings. The highest BCUT2D eigenvalue weighted by molar-refractivity contribution is 5.84. The first-order chi connectivity index (χ1) is 13.6. The summed E-state index contributed by atoms with van der Waals surface area (Å²) in [4.78, 5) is 14.8. The van der Waals surface area contributed by atoms with Gasteiger partial charge in [0.2, 0.25) is 12.7 Å². The third-order valence-corrected chi connectivity index (χ3v) is 6.00. The number of methoxy groups -OCH3 is 2. The van der Waals surface area contributed by atoms with Gasteiger partial charge in [-0.1, -0.05) is 6.07 Å². The Hall–Kier alpha value is -2.93. The molecule has 0 bridgehead atoms. The summed E-state index contributed by atoms with van der Waals surface area (Å²) < 4.78 is 22.2. The number of carbonyl (C=O) groups excluding carboxylic acids is 1. The van der Waals surface area contributed by atoms with Crippen molar-refractivity contribution in [2.45, 2.75) is 24.9 Å². The summed E-state index contributed by atoms with van der Waals surface area (Å²) in [5.41, 5.74) is 10.2. The van der Waals surface area contributed by atoms with Gasteiger partial charge in [0.25, 0.3) is 0 Å². The van der Waals surface area contributed by atoms with E-state index in [1.165, 1.54) is 11.1 Å². The van der Waals surface area contributed by atoms with Gasteiger partial charge in [-0.15, -0.1) is 0 Å². The van der Waals surface area contributed by atoms with Gasteiger partial charge < -0.3 is 24.7 Å². The van der Waals surface area contributed by atoms with Gasteiger partial charge >= 0.3 is 0 Å². The first-order valence-corrected chi connectivity index (χ1v) is 9.33. The average molecular weight is 382 g/mol. The molecule has 2 aromatic rings. The molecule has 0 unspecified atom stereocenters. The monoisotopic (exact) mass is 382 g/mol. The lowest BCUT2D eigenvalue weighted by Crippen LogP contribution is -2.47. The van der Waals surface area contributed by atoms with Crippen LogP contribution < -0.4 is 24.7 Å². The molecule has 0 saturated carbocycles. The highest BCUT2D eigenvalue weighted by Crippen LogP contribution is 2.50. The van der Waals surface area contributed by atoms with E-state index in [1.54, 1.807) is 14.2 Å². The molecule has 2 N–H and O–H groups in total.